The van der Waals surface area contributed by atoms with Gasteiger partial charge in [0.15, 0.2) is 0 Å². The van der Waals surface area contributed by atoms with Crippen LogP contribution in [0.25, 0.3) is 11.0 Å². The summed E-state index contributed by atoms with van der Waals surface area (Å²) in [6.45, 7) is 0.441. The van der Waals surface area contributed by atoms with E-state index in [1.807, 2.05) is 19.0 Å². The highest BCUT2D eigenvalue weighted by Crippen LogP contribution is 2.39. The zero-order valence-corrected chi connectivity index (χ0v) is 17.1. The Bertz CT molecular complexity index is 1010. The molecule has 3 aromatic rings. The van der Waals surface area contributed by atoms with E-state index in [0.29, 0.717) is 50.2 Å². The van der Waals surface area contributed by atoms with Gasteiger partial charge in [0, 0.05) is 17.5 Å². The number of hydrogen-bond acceptors (Lipinski definition) is 6. The van der Waals surface area contributed by atoms with Crippen molar-refractivity contribution in [3.63, 3.8) is 0 Å². The summed E-state index contributed by atoms with van der Waals surface area (Å²) in [5.41, 5.74) is 1.85. The van der Waals surface area contributed by atoms with Crippen LogP contribution in [0.2, 0.25) is 0 Å². The molecule has 27 heavy (non-hydrogen) atoms. The molecular weight excluding hydrogens is 414 g/mol. The number of ketones is 1. The molecule has 1 heterocycles. The molecule has 0 bridgehead atoms. The lowest BCUT2D eigenvalue weighted by Gasteiger charge is -2.14. The van der Waals surface area contributed by atoms with Crippen LogP contribution in [-0.2, 0) is 6.54 Å². The fraction of sp³-hybridized carbons (Fsp3) is 0.250. The Labute approximate surface area is 165 Å². The van der Waals surface area contributed by atoms with E-state index in [1.54, 1.807) is 24.3 Å². The lowest BCUT2D eigenvalue weighted by atomic mass is 9.98. The summed E-state index contributed by atoms with van der Waals surface area (Å²) in [5.74, 6) is 0.798. The summed E-state index contributed by atoms with van der Waals surface area (Å²) < 4.78 is 16.7. The molecule has 6 nitrogen and oxygen atoms in total. The second-order valence-electron chi connectivity index (χ2n) is 6.34. The zero-order valence-electron chi connectivity index (χ0n) is 15.5. The van der Waals surface area contributed by atoms with Gasteiger partial charge in [-0.2, -0.15) is 0 Å². The molecule has 0 unspecified atom stereocenters. The molecule has 0 fully saturated rings. The van der Waals surface area contributed by atoms with E-state index >= 15 is 0 Å². The molecule has 0 atom stereocenters. The number of methoxy groups -OCH3 is 2. The average Bonchev–Trinajstić information content (AvgIpc) is 3.07. The molecule has 0 radical (unpaired) electrons. The molecule has 0 aliphatic rings. The highest BCUT2D eigenvalue weighted by molar-refractivity contribution is 9.10. The van der Waals surface area contributed by atoms with E-state index in [1.165, 1.54) is 20.5 Å². The van der Waals surface area contributed by atoms with Crippen LogP contribution in [0, 0.1) is 0 Å². The minimum Gasteiger partial charge on any atom is -0.506 e. The second-order valence-corrected chi connectivity index (χ2v) is 7.20. The van der Waals surface area contributed by atoms with Crippen LogP contribution >= 0.6 is 15.9 Å². The fourth-order valence-corrected chi connectivity index (χ4v) is 3.46. The second kappa shape index (κ2) is 7.62. The lowest BCUT2D eigenvalue weighted by Crippen LogP contribution is -2.12. The Kier molecular flexibility index (Phi) is 5.43. The van der Waals surface area contributed by atoms with Crippen molar-refractivity contribution in [2.75, 3.05) is 28.3 Å². The first kappa shape index (κ1) is 19.3. The molecule has 1 N–H and O–H groups in total. The number of aromatic hydroxyl groups is 1. The topological polar surface area (TPSA) is 72.1 Å². The van der Waals surface area contributed by atoms with Gasteiger partial charge >= 0.3 is 0 Å². The van der Waals surface area contributed by atoms with Crippen LogP contribution in [0.5, 0.6) is 17.2 Å². The molecule has 2 aromatic carbocycles. The van der Waals surface area contributed by atoms with Crippen molar-refractivity contribution >= 4 is 32.7 Å². The van der Waals surface area contributed by atoms with Crippen LogP contribution in [0.3, 0.4) is 0 Å². The number of hydrogen-bond donors (Lipinski definition) is 1. The van der Waals surface area contributed by atoms with Gasteiger partial charge in [-0.25, -0.2) is 0 Å². The smallest absolute Gasteiger partial charge is 0.200 e. The monoisotopic (exact) mass is 433 g/mol. The fourth-order valence-electron chi connectivity index (χ4n) is 3.01. The van der Waals surface area contributed by atoms with E-state index in [4.69, 9.17) is 13.9 Å². The highest BCUT2D eigenvalue weighted by Gasteiger charge is 2.24. The van der Waals surface area contributed by atoms with Crippen LogP contribution in [-0.4, -0.2) is 44.1 Å². The van der Waals surface area contributed by atoms with E-state index in [-0.39, 0.29) is 11.5 Å². The van der Waals surface area contributed by atoms with Crippen LogP contribution in [0.4, 0.5) is 0 Å². The summed E-state index contributed by atoms with van der Waals surface area (Å²) in [5, 5.41) is 11.1. The Morgan fingerprint density at radius 2 is 1.93 bits per heavy atom. The maximum absolute atomic E-state index is 13.3. The van der Waals surface area contributed by atoms with Gasteiger partial charge in [0.25, 0.3) is 0 Å². The van der Waals surface area contributed by atoms with Gasteiger partial charge in [-0.15, -0.1) is 0 Å². The number of rotatable bonds is 6. The molecule has 0 saturated heterocycles. The minimum absolute atomic E-state index is 0.0873. The van der Waals surface area contributed by atoms with Crippen molar-refractivity contribution in [3.05, 3.63) is 51.7 Å². The summed E-state index contributed by atoms with van der Waals surface area (Å²) in [6.07, 6.45) is 1.41. The normalized spacial score (nSPS) is 11.2. The number of nitrogens with zero attached hydrogens (tertiary/aromatic N) is 1. The number of carbonyl (C=O) groups is 1. The van der Waals surface area contributed by atoms with Crippen LogP contribution < -0.4 is 9.47 Å². The summed E-state index contributed by atoms with van der Waals surface area (Å²) in [6, 6.07) is 6.69. The molecule has 3 rings (SSSR count). The highest BCUT2D eigenvalue weighted by atomic mass is 79.9. The van der Waals surface area contributed by atoms with E-state index in [0.717, 1.165) is 0 Å². The quantitative estimate of drug-likeness (QED) is 0.586. The third-order valence-corrected chi connectivity index (χ3v) is 4.87. The van der Waals surface area contributed by atoms with E-state index < -0.39 is 0 Å². The molecule has 0 saturated carbocycles. The number of carbonyl (C=O) groups excluding carboxylic acids is 1. The van der Waals surface area contributed by atoms with Crippen molar-refractivity contribution in [3.8, 4) is 17.2 Å². The first-order chi connectivity index (χ1) is 12.9. The van der Waals surface area contributed by atoms with Gasteiger partial charge < -0.3 is 23.9 Å². The number of halogens is 1. The van der Waals surface area contributed by atoms with Crippen molar-refractivity contribution in [2.45, 2.75) is 6.54 Å². The molecule has 7 heteroatoms. The molecule has 0 aliphatic carbocycles. The Morgan fingerprint density at radius 3 is 2.56 bits per heavy atom. The first-order valence-electron chi connectivity index (χ1n) is 8.20. The standard InChI is InChI=1S/C20H20BrNO5/c1-22(2)9-13-18-14(10-27-17(18)8-15(21)20(13)24)19(23)12-7-11(25-3)5-6-16(12)26-4/h5-8,10,24H,9H2,1-4H3. The number of ether oxygens (including phenoxy) is 2. The van der Waals surface area contributed by atoms with Crippen molar-refractivity contribution in [2.24, 2.45) is 0 Å². The van der Waals surface area contributed by atoms with Crippen molar-refractivity contribution in [1.82, 2.24) is 4.90 Å². The van der Waals surface area contributed by atoms with Crippen molar-refractivity contribution in [1.29, 1.82) is 0 Å². The van der Waals surface area contributed by atoms with Gasteiger partial charge in [0.2, 0.25) is 5.78 Å². The average molecular weight is 434 g/mol. The van der Waals surface area contributed by atoms with Gasteiger partial charge in [0.1, 0.15) is 29.1 Å². The number of fused-ring (bicyclic) bond motifs is 1. The third-order valence-electron chi connectivity index (χ3n) is 4.26. The molecular formula is C20H20BrNO5. The Hall–Kier alpha value is -2.51. The zero-order chi connectivity index (χ0) is 19.7. The summed E-state index contributed by atoms with van der Waals surface area (Å²) in [7, 11) is 6.82. The molecule has 142 valence electrons. The maximum atomic E-state index is 13.3. The van der Waals surface area contributed by atoms with Gasteiger partial charge in [-0.1, -0.05) is 0 Å². The first-order valence-corrected chi connectivity index (χ1v) is 8.99. The molecule has 0 aliphatic heterocycles. The van der Waals surface area contributed by atoms with E-state index in [9.17, 15) is 9.90 Å². The molecule has 0 amide bonds. The minimum atomic E-state index is -0.272. The van der Waals surface area contributed by atoms with Gasteiger partial charge in [-0.05, 0) is 54.3 Å². The lowest BCUT2D eigenvalue weighted by molar-refractivity contribution is 0.103. The third kappa shape index (κ3) is 3.52. The van der Waals surface area contributed by atoms with Crippen molar-refractivity contribution < 1.29 is 23.8 Å². The van der Waals surface area contributed by atoms with Gasteiger partial charge in [-0.3, -0.25) is 4.79 Å². The SMILES string of the molecule is COc1ccc(OC)c(C(=O)c2coc3cc(Br)c(O)c(CN(C)C)c23)c1. The van der Waals surface area contributed by atoms with E-state index in [2.05, 4.69) is 15.9 Å². The number of phenols is 1. The maximum Gasteiger partial charge on any atom is 0.200 e. The summed E-state index contributed by atoms with van der Waals surface area (Å²) >= 11 is 3.34. The molecule has 1 aromatic heterocycles. The number of furan rings is 1. The predicted molar refractivity (Wildman–Crippen MR) is 106 cm³/mol. The Morgan fingerprint density at radius 1 is 1.19 bits per heavy atom. The Balaban J connectivity index is 2.23. The van der Waals surface area contributed by atoms with Crippen LogP contribution in [0.1, 0.15) is 21.5 Å². The van der Waals surface area contributed by atoms with Gasteiger partial charge in [0.05, 0.1) is 29.8 Å². The molecule has 0 spiro atoms. The predicted octanol–water partition coefficient (Wildman–Crippen LogP) is 4.21. The summed E-state index contributed by atoms with van der Waals surface area (Å²) in [4.78, 5) is 15.2. The van der Waals surface area contributed by atoms with Crippen LogP contribution in [0.15, 0.2) is 39.4 Å². The number of phenolic OH excluding ortho intramolecular Hbond substituents is 1. The number of benzene rings is 2. The largest absolute Gasteiger partial charge is 0.506 e.